The van der Waals surface area contributed by atoms with Gasteiger partial charge < -0.3 is 5.73 Å². The summed E-state index contributed by atoms with van der Waals surface area (Å²) in [6.07, 6.45) is 2.94. The summed E-state index contributed by atoms with van der Waals surface area (Å²) in [7, 11) is -3.39. The van der Waals surface area contributed by atoms with Crippen molar-refractivity contribution in [1.82, 2.24) is 4.31 Å². The van der Waals surface area contributed by atoms with Crippen LogP contribution < -0.4 is 5.73 Å². The third kappa shape index (κ3) is 4.92. The Balaban J connectivity index is 0.00000264. The first-order chi connectivity index (χ1) is 10.3. The number of nitrogens with zero attached hydrogens (tertiary/aromatic N) is 1. The molecule has 23 heavy (non-hydrogen) atoms. The van der Waals surface area contributed by atoms with Crippen molar-refractivity contribution >= 4 is 22.4 Å². The molecule has 132 valence electrons. The zero-order valence-electron chi connectivity index (χ0n) is 14.3. The number of benzene rings is 1. The molecule has 0 saturated carbocycles. The molecule has 1 fully saturated rings. The minimum Gasteiger partial charge on any atom is -0.330 e. The number of nitrogens with two attached hydrogens (primary N) is 1. The highest BCUT2D eigenvalue weighted by Gasteiger charge is 2.38. The van der Waals surface area contributed by atoms with Gasteiger partial charge in [0.25, 0.3) is 0 Å². The van der Waals surface area contributed by atoms with Gasteiger partial charge in [0.05, 0.1) is 4.90 Å². The first kappa shape index (κ1) is 20.4. The Hall–Kier alpha value is -0.620. The van der Waals surface area contributed by atoms with Crippen LogP contribution in [0.2, 0.25) is 0 Å². The van der Waals surface area contributed by atoms with Crippen LogP contribution in [-0.4, -0.2) is 32.4 Å². The van der Waals surface area contributed by atoms with Gasteiger partial charge in [0, 0.05) is 13.1 Å². The topological polar surface area (TPSA) is 63.4 Å². The summed E-state index contributed by atoms with van der Waals surface area (Å²) in [5, 5.41) is 0. The van der Waals surface area contributed by atoms with Gasteiger partial charge in [0.2, 0.25) is 10.0 Å². The number of rotatable bonds is 6. The van der Waals surface area contributed by atoms with Crippen LogP contribution in [-0.2, 0) is 16.4 Å². The molecule has 1 heterocycles. The van der Waals surface area contributed by atoms with Gasteiger partial charge in [0.15, 0.2) is 0 Å². The number of sulfonamides is 1. The smallest absolute Gasteiger partial charge is 0.243 e. The van der Waals surface area contributed by atoms with E-state index in [2.05, 4.69) is 20.8 Å². The Labute approximate surface area is 146 Å². The van der Waals surface area contributed by atoms with E-state index in [0.717, 1.165) is 19.3 Å². The Morgan fingerprint density at radius 2 is 1.87 bits per heavy atom. The summed E-state index contributed by atoms with van der Waals surface area (Å²) in [5.41, 5.74) is 6.87. The maximum atomic E-state index is 12.7. The van der Waals surface area contributed by atoms with Crippen LogP contribution in [0.4, 0.5) is 0 Å². The molecule has 4 nitrogen and oxygen atoms in total. The van der Waals surface area contributed by atoms with Crippen LogP contribution in [0, 0.1) is 11.3 Å². The lowest BCUT2D eigenvalue weighted by Crippen LogP contribution is -2.34. The molecule has 0 bridgehead atoms. The summed E-state index contributed by atoms with van der Waals surface area (Å²) in [5.74, 6) is 0.655. The summed E-state index contributed by atoms with van der Waals surface area (Å²) in [6, 6.07) is 7.35. The number of halogens is 1. The molecule has 0 aromatic heterocycles. The van der Waals surface area contributed by atoms with Crippen molar-refractivity contribution in [3.8, 4) is 0 Å². The highest BCUT2D eigenvalue weighted by Crippen LogP contribution is 2.32. The number of aryl methyl sites for hydroxylation is 1. The molecule has 1 unspecified atom stereocenters. The van der Waals surface area contributed by atoms with Gasteiger partial charge in [-0.1, -0.05) is 32.9 Å². The summed E-state index contributed by atoms with van der Waals surface area (Å²) in [6.45, 7) is 8.04. The number of hydrogen-bond acceptors (Lipinski definition) is 3. The summed E-state index contributed by atoms with van der Waals surface area (Å²) in [4.78, 5) is 0.391. The first-order valence-electron chi connectivity index (χ1n) is 8.06. The Kier molecular flexibility index (Phi) is 7.08. The molecule has 1 aromatic carbocycles. The van der Waals surface area contributed by atoms with E-state index in [0.29, 0.717) is 30.4 Å². The summed E-state index contributed by atoms with van der Waals surface area (Å²) < 4.78 is 27.0. The molecule has 1 aromatic rings. The predicted octanol–water partition coefficient (Wildman–Crippen LogP) is 3.06. The third-order valence-electron chi connectivity index (χ3n) is 4.59. The lowest BCUT2D eigenvalue weighted by molar-refractivity contribution is 0.349. The maximum Gasteiger partial charge on any atom is 0.243 e. The zero-order chi connectivity index (χ0) is 16.4. The number of hydrogen-bond donors (Lipinski definition) is 1. The van der Waals surface area contributed by atoms with Crippen LogP contribution in [0.5, 0.6) is 0 Å². The molecule has 1 aliphatic rings. The van der Waals surface area contributed by atoms with Gasteiger partial charge in [-0.3, -0.25) is 0 Å². The molecular weight excluding hydrogens is 332 g/mol. The lowest BCUT2D eigenvalue weighted by Gasteiger charge is -2.22. The molecule has 0 radical (unpaired) electrons. The van der Waals surface area contributed by atoms with Crippen molar-refractivity contribution in [2.45, 2.75) is 44.9 Å². The quantitative estimate of drug-likeness (QED) is 0.847. The second-order valence-corrected chi connectivity index (χ2v) is 9.12. The molecule has 1 aliphatic heterocycles. The minimum absolute atomic E-state index is 0. The van der Waals surface area contributed by atoms with Gasteiger partial charge in [0.1, 0.15) is 0 Å². The average Bonchev–Trinajstić information content (AvgIpc) is 2.89. The Morgan fingerprint density at radius 1 is 1.26 bits per heavy atom. The van der Waals surface area contributed by atoms with E-state index in [4.69, 9.17) is 5.73 Å². The fraction of sp³-hybridized carbons (Fsp3) is 0.647. The van der Waals surface area contributed by atoms with Crippen LogP contribution >= 0.6 is 12.4 Å². The molecule has 1 saturated heterocycles. The van der Waals surface area contributed by atoms with Gasteiger partial charge >= 0.3 is 0 Å². The molecule has 2 rings (SSSR count). The highest BCUT2D eigenvalue weighted by molar-refractivity contribution is 7.89. The van der Waals surface area contributed by atoms with Gasteiger partial charge in [-0.15, -0.1) is 12.4 Å². The molecular formula is C17H29ClN2O2S. The fourth-order valence-electron chi connectivity index (χ4n) is 2.78. The normalized spacial score (nSPS) is 22.3. The molecule has 6 heteroatoms. The van der Waals surface area contributed by atoms with Gasteiger partial charge in [-0.2, -0.15) is 4.31 Å². The van der Waals surface area contributed by atoms with Crippen molar-refractivity contribution in [3.05, 3.63) is 29.8 Å². The van der Waals surface area contributed by atoms with E-state index in [1.807, 2.05) is 12.1 Å². The monoisotopic (exact) mass is 360 g/mol. The van der Waals surface area contributed by atoms with Crippen molar-refractivity contribution in [3.63, 3.8) is 0 Å². The standard InChI is InChI=1S/C17H28N2O2S.ClH/c1-14(2)4-5-15-6-8-16(9-7-15)22(20,21)19-11-10-17(3,12-18)13-19;/h6-9,14H,4-5,10-13,18H2,1-3H3;1H. The third-order valence-corrected chi connectivity index (χ3v) is 6.45. The summed E-state index contributed by atoms with van der Waals surface area (Å²) >= 11 is 0. The Morgan fingerprint density at radius 3 is 2.35 bits per heavy atom. The van der Waals surface area contributed by atoms with E-state index in [1.165, 1.54) is 5.56 Å². The lowest BCUT2D eigenvalue weighted by atomic mass is 9.90. The van der Waals surface area contributed by atoms with Gasteiger partial charge in [-0.05, 0) is 54.8 Å². The SMILES string of the molecule is CC(C)CCc1ccc(S(=O)(=O)N2CCC(C)(CN)C2)cc1.Cl. The molecule has 0 amide bonds. The maximum absolute atomic E-state index is 12.7. The molecule has 2 N–H and O–H groups in total. The molecule has 1 atom stereocenters. The largest absolute Gasteiger partial charge is 0.330 e. The second-order valence-electron chi connectivity index (χ2n) is 7.18. The van der Waals surface area contributed by atoms with Crippen molar-refractivity contribution < 1.29 is 8.42 Å². The minimum atomic E-state index is -3.39. The van der Waals surface area contributed by atoms with Crippen molar-refractivity contribution in [2.75, 3.05) is 19.6 Å². The second kappa shape index (κ2) is 7.97. The van der Waals surface area contributed by atoms with E-state index >= 15 is 0 Å². The zero-order valence-corrected chi connectivity index (χ0v) is 15.9. The molecule has 0 spiro atoms. The first-order valence-corrected chi connectivity index (χ1v) is 9.50. The predicted molar refractivity (Wildman–Crippen MR) is 97.4 cm³/mol. The van der Waals surface area contributed by atoms with Crippen LogP contribution in [0.3, 0.4) is 0 Å². The van der Waals surface area contributed by atoms with E-state index in [9.17, 15) is 8.42 Å². The van der Waals surface area contributed by atoms with Crippen LogP contribution in [0.15, 0.2) is 29.2 Å². The van der Waals surface area contributed by atoms with Crippen molar-refractivity contribution in [2.24, 2.45) is 17.1 Å². The Bertz CT molecular complexity index is 602. The van der Waals surface area contributed by atoms with Gasteiger partial charge in [-0.25, -0.2) is 8.42 Å². The van der Waals surface area contributed by atoms with Crippen molar-refractivity contribution in [1.29, 1.82) is 0 Å². The van der Waals surface area contributed by atoms with Crippen LogP contribution in [0.1, 0.15) is 39.2 Å². The van der Waals surface area contributed by atoms with Crippen LogP contribution in [0.25, 0.3) is 0 Å². The fourth-order valence-corrected chi connectivity index (χ4v) is 4.37. The van der Waals surface area contributed by atoms with E-state index in [-0.39, 0.29) is 17.8 Å². The van der Waals surface area contributed by atoms with E-state index in [1.54, 1.807) is 16.4 Å². The highest BCUT2D eigenvalue weighted by atomic mass is 35.5. The van der Waals surface area contributed by atoms with E-state index < -0.39 is 10.0 Å². The molecule has 0 aliphatic carbocycles. The average molecular weight is 361 g/mol.